The van der Waals surface area contributed by atoms with E-state index in [1.54, 1.807) is 12.1 Å². The van der Waals surface area contributed by atoms with Gasteiger partial charge in [0.1, 0.15) is 0 Å². The summed E-state index contributed by atoms with van der Waals surface area (Å²) in [5.74, 6) is 1.04. The van der Waals surface area contributed by atoms with Crippen LogP contribution in [0.15, 0.2) is 36.4 Å². The largest absolute Gasteiger partial charge is 0.326 e. The highest BCUT2D eigenvalue weighted by Gasteiger charge is 2.39. The smallest absolute Gasteiger partial charge is 0.228 e. The maximum absolute atomic E-state index is 12.3. The van der Waals surface area contributed by atoms with Gasteiger partial charge in [0.15, 0.2) is 0 Å². The third kappa shape index (κ3) is 2.59. The first-order valence-electron chi connectivity index (χ1n) is 6.98. The summed E-state index contributed by atoms with van der Waals surface area (Å²) in [6.07, 6.45) is 6.47. The number of amides is 2. The maximum atomic E-state index is 12.3. The molecular formula is C16H18N2O2. The van der Waals surface area contributed by atoms with Gasteiger partial charge in [-0.05, 0) is 42.9 Å². The molecule has 1 aromatic rings. The Balaban J connectivity index is 1.67. The average molecular weight is 270 g/mol. The first-order chi connectivity index (χ1) is 9.61. The molecule has 3 rings (SSSR count). The molecule has 1 saturated carbocycles. The summed E-state index contributed by atoms with van der Waals surface area (Å²) in [6.45, 7) is 1.47. The fourth-order valence-corrected chi connectivity index (χ4v) is 3.20. The van der Waals surface area contributed by atoms with Crippen molar-refractivity contribution >= 4 is 23.2 Å². The van der Waals surface area contributed by atoms with E-state index in [0.29, 0.717) is 17.5 Å². The number of allylic oxidation sites excluding steroid dienone is 2. The van der Waals surface area contributed by atoms with Gasteiger partial charge in [-0.1, -0.05) is 18.2 Å². The second-order valence-electron chi connectivity index (χ2n) is 5.64. The fraction of sp³-hybridized carbons (Fsp3) is 0.375. The third-order valence-electron chi connectivity index (χ3n) is 4.07. The number of carbonyl (C=O) groups is 2. The van der Waals surface area contributed by atoms with E-state index in [2.05, 4.69) is 22.8 Å². The van der Waals surface area contributed by atoms with Crippen molar-refractivity contribution in [3.63, 3.8) is 0 Å². The van der Waals surface area contributed by atoms with Gasteiger partial charge < -0.3 is 10.6 Å². The van der Waals surface area contributed by atoms with E-state index in [1.807, 2.05) is 12.1 Å². The molecule has 0 aliphatic heterocycles. The van der Waals surface area contributed by atoms with Gasteiger partial charge in [0.05, 0.1) is 0 Å². The summed E-state index contributed by atoms with van der Waals surface area (Å²) in [7, 11) is 0. The van der Waals surface area contributed by atoms with Crippen molar-refractivity contribution in [2.45, 2.75) is 19.8 Å². The highest BCUT2D eigenvalue weighted by Crippen LogP contribution is 2.43. The molecule has 3 atom stereocenters. The predicted octanol–water partition coefficient (Wildman–Crippen LogP) is 2.80. The molecule has 0 aromatic heterocycles. The minimum atomic E-state index is -0.119. The molecule has 0 saturated heterocycles. The van der Waals surface area contributed by atoms with Crippen LogP contribution >= 0.6 is 0 Å². The number of anilines is 2. The number of hydrogen-bond donors (Lipinski definition) is 2. The zero-order chi connectivity index (χ0) is 14.1. The van der Waals surface area contributed by atoms with Gasteiger partial charge in [-0.15, -0.1) is 0 Å². The maximum Gasteiger partial charge on any atom is 0.228 e. The molecule has 2 bridgehead atoms. The van der Waals surface area contributed by atoms with Crippen LogP contribution in [0.5, 0.6) is 0 Å². The third-order valence-corrected chi connectivity index (χ3v) is 4.07. The van der Waals surface area contributed by atoms with Gasteiger partial charge in [-0.3, -0.25) is 9.59 Å². The van der Waals surface area contributed by atoms with E-state index in [9.17, 15) is 9.59 Å². The van der Waals surface area contributed by atoms with Crippen LogP contribution in [0.2, 0.25) is 0 Å². The van der Waals surface area contributed by atoms with Crippen LogP contribution in [0.1, 0.15) is 19.8 Å². The lowest BCUT2D eigenvalue weighted by molar-refractivity contribution is -0.120. The second-order valence-corrected chi connectivity index (χ2v) is 5.64. The average Bonchev–Trinajstić information content (AvgIpc) is 3.00. The highest BCUT2D eigenvalue weighted by molar-refractivity contribution is 5.95. The fourth-order valence-electron chi connectivity index (χ4n) is 3.20. The molecule has 2 N–H and O–H groups in total. The Morgan fingerprint density at radius 3 is 2.45 bits per heavy atom. The quantitative estimate of drug-likeness (QED) is 0.830. The minimum Gasteiger partial charge on any atom is -0.326 e. The molecule has 20 heavy (non-hydrogen) atoms. The molecule has 0 heterocycles. The van der Waals surface area contributed by atoms with Crippen LogP contribution < -0.4 is 10.6 Å². The molecule has 1 fully saturated rings. The lowest BCUT2D eigenvalue weighted by Crippen LogP contribution is -2.25. The van der Waals surface area contributed by atoms with E-state index < -0.39 is 0 Å². The van der Waals surface area contributed by atoms with E-state index >= 15 is 0 Å². The summed E-state index contributed by atoms with van der Waals surface area (Å²) >= 11 is 0. The monoisotopic (exact) mass is 270 g/mol. The summed E-state index contributed by atoms with van der Waals surface area (Å²) in [5.41, 5.74) is 1.43. The van der Waals surface area contributed by atoms with Gasteiger partial charge in [0.2, 0.25) is 11.8 Å². The van der Waals surface area contributed by atoms with Gasteiger partial charge in [0.25, 0.3) is 0 Å². The molecule has 4 nitrogen and oxygen atoms in total. The lowest BCUT2D eigenvalue weighted by atomic mass is 9.93. The first kappa shape index (κ1) is 12.9. The Bertz CT molecular complexity index is 580. The van der Waals surface area contributed by atoms with Crippen LogP contribution in [-0.2, 0) is 9.59 Å². The molecule has 2 amide bonds. The SMILES string of the molecule is CC(=O)Nc1cccc(NC(=O)C2CC3C=CC2C3)c1. The number of fused-ring (bicyclic) bond motifs is 2. The van der Waals surface area contributed by atoms with Crippen LogP contribution in [0.25, 0.3) is 0 Å². The van der Waals surface area contributed by atoms with Crippen molar-refractivity contribution in [2.24, 2.45) is 17.8 Å². The van der Waals surface area contributed by atoms with E-state index in [0.717, 1.165) is 18.5 Å². The molecule has 2 aliphatic carbocycles. The number of carbonyl (C=O) groups excluding carboxylic acids is 2. The van der Waals surface area contributed by atoms with E-state index in [4.69, 9.17) is 0 Å². The number of hydrogen-bond acceptors (Lipinski definition) is 2. The van der Waals surface area contributed by atoms with Crippen LogP contribution in [0, 0.1) is 17.8 Å². The standard InChI is InChI=1S/C16H18N2O2/c1-10(19)17-13-3-2-4-14(9-13)18-16(20)15-8-11-5-6-12(15)7-11/h2-6,9,11-12,15H,7-8H2,1H3,(H,17,19)(H,18,20). The summed E-state index contributed by atoms with van der Waals surface area (Å²) in [5, 5.41) is 5.67. The van der Waals surface area contributed by atoms with Gasteiger partial charge in [0, 0.05) is 24.2 Å². The molecule has 4 heteroatoms. The summed E-state index contributed by atoms with van der Waals surface area (Å²) in [6, 6.07) is 7.24. The van der Waals surface area contributed by atoms with Gasteiger partial charge in [-0.25, -0.2) is 0 Å². The Kier molecular flexibility index (Phi) is 3.30. The highest BCUT2D eigenvalue weighted by atomic mass is 16.2. The zero-order valence-electron chi connectivity index (χ0n) is 11.4. The normalized spacial score (nSPS) is 26.6. The topological polar surface area (TPSA) is 58.2 Å². The molecule has 3 unspecified atom stereocenters. The molecule has 0 radical (unpaired) electrons. The summed E-state index contributed by atoms with van der Waals surface area (Å²) in [4.78, 5) is 23.3. The van der Waals surface area contributed by atoms with Crippen LogP contribution in [0.4, 0.5) is 11.4 Å². The van der Waals surface area contributed by atoms with Crippen molar-refractivity contribution in [3.8, 4) is 0 Å². The van der Waals surface area contributed by atoms with Gasteiger partial charge in [-0.2, -0.15) is 0 Å². The van der Waals surface area contributed by atoms with Crippen LogP contribution in [-0.4, -0.2) is 11.8 Å². The molecular weight excluding hydrogens is 252 g/mol. The number of rotatable bonds is 3. The summed E-state index contributed by atoms with van der Waals surface area (Å²) < 4.78 is 0. The second kappa shape index (κ2) is 5.12. The van der Waals surface area contributed by atoms with Crippen molar-refractivity contribution in [1.29, 1.82) is 0 Å². The molecule has 104 valence electrons. The zero-order valence-corrected chi connectivity index (χ0v) is 11.4. The molecule has 2 aliphatic rings. The minimum absolute atomic E-state index is 0.0850. The van der Waals surface area contributed by atoms with E-state index in [1.165, 1.54) is 6.92 Å². The van der Waals surface area contributed by atoms with Crippen molar-refractivity contribution in [2.75, 3.05) is 10.6 Å². The Hall–Kier alpha value is -2.10. The van der Waals surface area contributed by atoms with Crippen LogP contribution in [0.3, 0.4) is 0 Å². The lowest BCUT2D eigenvalue weighted by Gasteiger charge is -2.17. The van der Waals surface area contributed by atoms with Crippen molar-refractivity contribution in [3.05, 3.63) is 36.4 Å². The Labute approximate surface area is 118 Å². The Morgan fingerprint density at radius 2 is 1.85 bits per heavy atom. The molecule has 1 aromatic carbocycles. The number of benzene rings is 1. The first-order valence-corrected chi connectivity index (χ1v) is 6.98. The predicted molar refractivity (Wildman–Crippen MR) is 78.2 cm³/mol. The molecule has 0 spiro atoms. The van der Waals surface area contributed by atoms with Crippen molar-refractivity contribution < 1.29 is 9.59 Å². The Morgan fingerprint density at radius 1 is 1.10 bits per heavy atom. The number of nitrogens with one attached hydrogen (secondary N) is 2. The van der Waals surface area contributed by atoms with E-state index in [-0.39, 0.29) is 17.7 Å². The van der Waals surface area contributed by atoms with Crippen molar-refractivity contribution in [1.82, 2.24) is 0 Å². The van der Waals surface area contributed by atoms with Gasteiger partial charge >= 0.3 is 0 Å².